The largest absolute Gasteiger partial charge is 0.438 e. The molecule has 0 N–H and O–H groups in total. The number of halogens is 1. The second-order valence-electron chi connectivity index (χ2n) is 9.47. The van der Waals surface area contributed by atoms with Gasteiger partial charge in [0.1, 0.15) is 10.2 Å². The van der Waals surface area contributed by atoms with Crippen molar-refractivity contribution in [1.82, 2.24) is 15.0 Å². The first-order valence-corrected chi connectivity index (χ1v) is 12.4. The fourth-order valence-corrected chi connectivity index (χ4v) is 5.55. The second-order valence-corrected chi connectivity index (χ2v) is 10.3. The standard InChI is InChI=1S/C30H20BrN3O/c1-30(2)22-9-5-3-7-19(22)20-13-11-17(15-23(20)30)28-33-27(18-12-14-25(31)32-16-18)26-21-8-4-6-10-24(21)35-29(26)34-28/h3-16H,1-2H3. The summed E-state index contributed by atoms with van der Waals surface area (Å²) in [6, 6.07) is 27.2. The van der Waals surface area contributed by atoms with Crippen LogP contribution in [0.1, 0.15) is 25.0 Å². The van der Waals surface area contributed by atoms with Crippen LogP contribution >= 0.6 is 15.9 Å². The molecule has 0 saturated heterocycles. The van der Waals surface area contributed by atoms with E-state index >= 15 is 0 Å². The Morgan fingerprint density at radius 2 is 1.54 bits per heavy atom. The van der Waals surface area contributed by atoms with Crippen molar-refractivity contribution in [2.75, 3.05) is 0 Å². The van der Waals surface area contributed by atoms with Crippen LogP contribution in [-0.2, 0) is 5.41 Å². The van der Waals surface area contributed by atoms with Crippen molar-refractivity contribution in [2.24, 2.45) is 0 Å². The van der Waals surface area contributed by atoms with E-state index in [9.17, 15) is 0 Å². The van der Waals surface area contributed by atoms with Gasteiger partial charge in [0.2, 0.25) is 5.71 Å². The van der Waals surface area contributed by atoms with E-state index in [1.807, 2.05) is 36.5 Å². The molecule has 1 aliphatic carbocycles. The highest BCUT2D eigenvalue weighted by molar-refractivity contribution is 9.10. The van der Waals surface area contributed by atoms with E-state index < -0.39 is 0 Å². The average Bonchev–Trinajstić information content (AvgIpc) is 3.37. The number of pyridine rings is 1. The molecule has 0 unspecified atom stereocenters. The van der Waals surface area contributed by atoms with Crippen molar-refractivity contribution in [3.8, 4) is 33.8 Å². The van der Waals surface area contributed by atoms with Gasteiger partial charge in [0.15, 0.2) is 5.82 Å². The lowest BCUT2D eigenvalue weighted by Gasteiger charge is -2.21. The molecule has 4 nitrogen and oxygen atoms in total. The summed E-state index contributed by atoms with van der Waals surface area (Å²) in [5.74, 6) is 0.643. The molecule has 5 heteroatoms. The van der Waals surface area contributed by atoms with Crippen LogP contribution in [0.5, 0.6) is 0 Å². The fourth-order valence-electron chi connectivity index (χ4n) is 5.32. The smallest absolute Gasteiger partial charge is 0.231 e. The van der Waals surface area contributed by atoms with Crippen molar-refractivity contribution in [1.29, 1.82) is 0 Å². The van der Waals surface area contributed by atoms with Crippen LogP contribution in [-0.4, -0.2) is 15.0 Å². The van der Waals surface area contributed by atoms with E-state index in [-0.39, 0.29) is 5.41 Å². The Kier molecular flexibility index (Phi) is 4.30. The number of aromatic nitrogens is 3. The molecule has 0 saturated carbocycles. The van der Waals surface area contributed by atoms with Gasteiger partial charge >= 0.3 is 0 Å². The first-order valence-electron chi connectivity index (χ1n) is 11.6. The molecule has 0 aliphatic heterocycles. The lowest BCUT2D eigenvalue weighted by atomic mass is 9.82. The van der Waals surface area contributed by atoms with Gasteiger partial charge in [-0.15, -0.1) is 0 Å². The molecule has 1 aliphatic rings. The normalized spacial score (nSPS) is 13.8. The summed E-state index contributed by atoms with van der Waals surface area (Å²) in [7, 11) is 0. The zero-order valence-corrected chi connectivity index (χ0v) is 20.8. The maximum Gasteiger partial charge on any atom is 0.231 e. The zero-order chi connectivity index (χ0) is 23.7. The average molecular weight is 518 g/mol. The molecule has 3 aromatic heterocycles. The van der Waals surface area contributed by atoms with Crippen LogP contribution in [0.15, 0.2) is 94.1 Å². The van der Waals surface area contributed by atoms with Crippen LogP contribution in [0.4, 0.5) is 0 Å². The van der Waals surface area contributed by atoms with Crippen LogP contribution < -0.4 is 0 Å². The Labute approximate surface area is 210 Å². The number of nitrogens with zero attached hydrogens (tertiary/aromatic N) is 3. The van der Waals surface area contributed by atoms with E-state index in [2.05, 4.69) is 83.3 Å². The Balaban J connectivity index is 1.48. The number of hydrogen-bond acceptors (Lipinski definition) is 4. The van der Waals surface area contributed by atoms with Gasteiger partial charge in [0.05, 0.1) is 11.1 Å². The molecule has 6 aromatic rings. The maximum atomic E-state index is 6.20. The highest BCUT2D eigenvalue weighted by Gasteiger charge is 2.35. The summed E-state index contributed by atoms with van der Waals surface area (Å²) < 4.78 is 6.99. The second kappa shape index (κ2) is 7.33. The number of rotatable bonds is 2. The summed E-state index contributed by atoms with van der Waals surface area (Å²) in [6.45, 7) is 4.56. The van der Waals surface area contributed by atoms with Crippen LogP contribution in [0.3, 0.4) is 0 Å². The van der Waals surface area contributed by atoms with Gasteiger partial charge in [-0.25, -0.2) is 9.97 Å². The third-order valence-corrected chi connectivity index (χ3v) is 7.55. The minimum atomic E-state index is -0.0934. The molecule has 35 heavy (non-hydrogen) atoms. The zero-order valence-electron chi connectivity index (χ0n) is 19.2. The van der Waals surface area contributed by atoms with Crippen molar-refractivity contribution in [3.05, 3.63) is 101 Å². The van der Waals surface area contributed by atoms with Crippen LogP contribution in [0.25, 0.3) is 55.8 Å². The molecular formula is C30H20BrN3O. The number of hydrogen-bond donors (Lipinski definition) is 0. The summed E-state index contributed by atoms with van der Waals surface area (Å²) in [4.78, 5) is 14.4. The molecule has 3 heterocycles. The highest BCUT2D eigenvalue weighted by atomic mass is 79.9. The molecule has 0 spiro atoms. The summed E-state index contributed by atoms with van der Waals surface area (Å²) in [6.07, 6.45) is 1.83. The number of para-hydroxylation sites is 1. The van der Waals surface area contributed by atoms with Crippen LogP contribution in [0, 0.1) is 0 Å². The van der Waals surface area contributed by atoms with Crippen molar-refractivity contribution >= 4 is 38.0 Å². The van der Waals surface area contributed by atoms with E-state index in [1.165, 1.54) is 22.3 Å². The van der Waals surface area contributed by atoms with Crippen LogP contribution in [0.2, 0.25) is 0 Å². The minimum Gasteiger partial charge on any atom is -0.438 e. The van der Waals surface area contributed by atoms with Crippen molar-refractivity contribution in [3.63, 3.8) is 0 Å². The molecule has 0 atom stereocenters. The molecular weight excluding hydrogens is 498 g/mol. The van der Waals surface area contributed by atoms with Gasteiger partial charge in [-0.3, -0.25) is 0 Å². The molecule has 0 bridgehead atoms. The Morgan fingerprint density at radius 3 is 2.40 bits per heavy atom. The maximum absolute atomic E-state index is 6.20. The molecule has 3 aromatic carbocycles. The lowest BCUT2D eigenvalue weighted by molar-refractivity contribution is 0.653. The van der Waals surface area contributed by atoms with Gasteiger partial charge in [-0.05, 0) is 62.4 Å². The Morgan fingerprint density at radius 1 is 0.771 bits per heavy atom. The number of fused-ring (bicyclic) bond motifs is 6. The van der Waals surface area contributed by atoms with Crippen molar-refractivity contribution in [2.45, 2.75) is 19.3 Å². The molecule has 168 valence electrons. The van der Waals surface area contributed by atoms with E-state index in [4.69, 9.17) is 14.4 Å². The quantitative estimate of drug-likeness (QED) is 0.217. The third-order valence-electron chi connectivity index (χ3n) is 7.08. The summed E-state index contributed by atoms with van der Waals surface area (Å²) in [5, 5.41) is 1.90. The number of furan rings is 1. The predicted octanol–water partition coefficient (Wildman–Crippen LogP) is 8.17. The Bertz CT molecular complexity index is 1780. The SMILES string of the molecule is CC1(C)c2ccccc2-c2ccc(-c3nc(-c4ccc(Br)nc4)c4c(n3)oc3ccccc34)cc21. The van der Waals surface area contributed by atoms with Gasteiger partial charge in [0, 0.05) is 28.1 Å². The monoisotopic (exact) mass is 517 g/mol. The summed E-state index contributed by atoms with van der Waals surface area (Å²) >= 11 is 3.44. The van der Waals surface area contributed by atoms with Gasteiger partial charge in [-0.1, -0.05) is 68.4 Å². The topological polar surface area (TPSA) is 51.8 Å². The van der Waals surface area contributed by atoms with E-state index in [1.54, 1.807) is 0 Å². The third kappa shape index (κ3) is 3.01. The Hall–Kier alpha value is -3.83. The number of benzene rings is 3. The predicted molar refractivity (Wildman–Crippen MR) is 143 cm³/mol. The lowest BCUT2D eigenvalue weighted by Crippen LogP contribution is -2.15. The summed E-state index contributed by atoms with van der Waals surface area (Å²) in [5.41, 5.74) is 9.20. The van der Waals surface area contributed by atoms with E-state index in [0.717, 1.165) is 37.8 Å². The molecule has 0 fully saturated rings. The molecule has 0 radical (unpaired) electrons. The fraction of sp³-hybridized carbons (Fsp3) is 0.100. The molecule has 7 rings (SSSR count). The van der Waals surface area contributed by atoms with Gasteiger partial charge in [-0.2, -0.15) is 4.98 Å². The minimum absolute atomic E-state index is 0.0934. The van der Waals surface area contributed by atoms with Gasteiger partial charge < -0.3 is 4.42 Å². The van der Waals surface area contributed by atoms with Gasteiger partial charge in [0.25, 0.3) is 0 Å². The first kappa shape index (κ1) is 20.5. The highest BCUT2D eigenvalue weighted by Crippen LogP contribution is 2.49. The van der Waals surface area contributed by atoms with E-state index in [0.29, 0.717) is 11.5 Å². The molecule has 0 amide bonds. The van der Waals surface area contributed by atoms with Crippen molar-refractivity contribution < 1.29 is 4.42 Å². The first-order chi connectivity index (χ1) is 17.0.